The van der Waals surface area contributed by atoms with Gasteiger partial charge in [0.25, 0.3) is 5.91 Å². The van der Waals surface area contributed by atoms with Crippen molar-refractivity contribution in [2.45, 2.75) is 13.3 Å². The van der Waals surface area contributed by atoms with Crippen LogP contribution in [0.25, 0.3) is 0 Å². The Morgan fingerprint density at radius 1 is 1.45 bits per heavy atom. The number of aromatic nitrogens is 1. The quantitative estimate of drug-likeness (QED) is 0.870. The number of likely N-dealkylation sites (tertiary alicyclic amines) is 1. The van der Waals surface area contributed by atoms with Gasteiger partial charge in [-0.25, -0.2) is 0 Å². The summed E-state index contributed by atoms with van der Waals surface area (Å²) in [5, 5.41) is 2.65. The van der Waals surface area contributed by atoms with Gasteiger partial charge in [0.15, 0.2) is 0 Å². The maximum atomic E-state index is 12.2. The van der Waals surface area contributed by atoms with E-state index in [0.29, 0.717) is 5.92 Å². The van der Waals surface area contributed by atoms with Gasteiger partial charge in [0.2, 0.25) is 0 Å². The summed E-state index contributed by atoms with van der Waals surface area (Å²) < 4.78 is 4.15. The molecule has 1 aliphatic rings. The minimum atomic E-state index is 0.103. The maximum Gasteiger partial charge on any atom is 0.256 e. The largest absolute Gasteiger partial charge is 0.338 e. The fourth-order valence-corrected chi connectivity index (χ4v) is 3.41. The van der Waals surface area contributed by atoms with Crippen LogP contribution in [0.3, 0.4) is 0 Å². The number of hydrogen-bond donors (Lipinski definition) is 0. The minimum Gasteiger partial charge on any atom is -0.338 e. The molecule has 20 heavy (non-hydrogen) atoms. The van der Waals surface area contributed by atoms with Crippen molar-refractivity contribution in [1.29, 1.82) is 0 Å². The summed E-state index contributed by atoms with van der Waals surface area (Å²) in [5.74, 6) is 0.609. The third kappa shape index (κ3) is 2.58. The molecule has 0 aliphatic carbocycles. The van der Waals surface area contributed by atoms with Crippen molar-refractivity contribution < 1.29 is 4.79 Å². The van der Waals surface area contributed by atoms with E-state index in [9.17, 15) is 4.79 Å². The van der Waals surface area contributed by atoms with Crippen molar-refractivity contribution in [3.63, 3.8) is 0 Å². The van der Waals surface area contributed by atoms with Gasteiger partial charge in [0.1, 0.15) is 0 Å². The molecule has 1 aliphatic heterocycles. The lowest BCUT2D eigenvalue weighted by atomic mass is 9.91. The smallest absolute Gasteiger partial charge is 0.256 e. The second kappa shape index (κ2) is 5.54. The van der Waals surface area contributed by atoms with Crippen molar-refractivity contribution in [3.05, 3.63) is 51.5 Å². The first-order valence-electron chi connectivity index (χ1n) is 6.59. The Balaban J connectivity index is 1.58. The summed E-state index contributed by atoms with van der Waals surface area (Å²) in [6.45, 7) is 3.49. The number of benzene rings is 1. The lowest BCUT2D eigenvalue weighted by molar-refractivity contribution is 0.0501. The Kier molecular flexibility index (Phi) is 3.76. The predicted molar refractivity (Wildman–Crippen MR) is 81.4 cm³/mol. The molecule has 1 aromatic carbocycles. The van der Waals surface area contributed by atoms with Crippen LogP contribution in [0.1, 0.15) is 21.6 Å². The van der Waals surface area contributed by atoms with Gasteiger partial charge in [-0.05, 0) is 42.4 Å². The van der Waals surface area contributed by atoms with E-state index in [4.69, 9.17) is 11.6 Å². The molecule has 0 unspecified atom stereocenters. The van der Waals surface area contributed by atoms with Crippen LogP contribution in [-0.2, 0) is 6.42 Å². The molecule has 0 spiro atoms. The van der Waals surface area contributed by atoms with Crippen molar-refractivity contribution in [2.75, 3.05) is 13.1 Å². The van der Waals surface area contributed by atoms with Gasteiger partial charge in [0, 0.05) is 23.5 Å². The van der Waals surface area contributed by atoms with Crippen LogP contribution >= 0.6 is 23.1 Å². The van der Waals surface area contributed by atoms with Crippen LogP contribution in [0.4, 0.5) is 0 Å². The molecule has 1 saturated heterocycles. The van der Waals surface area contributed by atoms with E-state index in [1.165, 1.54) is 17.1 Å². The van der Waals surface area contributed by atoms with E-state index < -0.39 is 0 Å². The number of carbonyl (C=O) groups excluding carboxylic acids is 1. The fourth-order valence-electron chi connectivity index (χ4n) is 2.51. The number of halogens is 1. The van der Waals surface area contributed by atoms with Crippen molar-refractivity contribution in [2.24, 2.45) is 5.92 Å². The van der Waals surface area contributed by atoms with E-state index in [1.807, 2.05) is 35.4 Å². The summed E-state index contributed by atoms with van der Waals surface area (Å²) in [6.07, 6.45) is 0.935. The predicted octanol–water partition coefficient (Wildman–Crippen LogP) is 3.42. The van der Waals surface area contributed by atoms with Crippen molar-refractivity contribution in [1.82, 2.24) is 9.27 Å². The highest BCUT2D eigenvalue weighted by atomic mass is 35.5. The normalized spacial score (nSPS) is 15.2. The molecular formula is C15H15ClN2OS. The van der Waals surface area contributed by atoms with Crippen LogP contribution < -0.4 is 0 Å². The van der Waals surface area contributed by atoms with Gasteiger partial charge in [0.05, 0.1) is 11.3 Å². The Hall–Kier alpha value is -1.39. The topological polar surface area (TPSA) is 33.2 Å². The zero-order valence-corrected chi connectivity index (χ0v) is 12.7. The Morgan fingerprint density at radius 3 is 2.85 bits per heavy atom. The minimum absolute atomic E-state index is 0.103. The molecule has 0 saturated carbocycles. The third-order valence-electron chi connectivity index (χ3n) is 3.69. The molecule has 1 fully saturated rings. The van der Waals surface area contributed by atoms with Crippen molar-refractivity contribution in [3.8, 4) is 0 Å². The number of hydrogen-bond acceptors (Lipinski definition) is 3. The Morgan fingerprint density at radius 2 is 2.20 bits per heavy atom. The zero-order chi connectivity index (χ0) is 14.1. The lowest BCUT2D eigenvalue weighted by Crippen LogP contribution is -2.50. The summed E-state index contributed by atoms with van der Waals surface area (Å²) >= 11 is 7.50. The first-order chi connectivity index (χ1) is 9.65. The molecular weight excluding hydrogens is 292 g/mol. The first-order valence-corrected chi connectivity index (χ1v) is 7.80. The number of nitrogens with zero attached hydrogens (tertiary/aromatic N) is 2. The molecule has 1 amide bonds. The first kappa shape index (κ1) is 13.6. The van der Waals surface area contributed by atoms with Crippen LogP contribution in [0, 0.1) is 12.8 Å². The van der Waals surface area contributed by atoms with Gasteiger partial charge >= 0.3 is 0 Å². The monoisotopic (exact) mass is 306 g/mol. The highest BCUT2D eigenvalue weighted by Gasteiger charge is 2.32. The summed E-state index contributed by atoms with van der Waals surface area (Å²) in [4.78, 5) is 14.1. The second-order valence-electron chi connectivity index (χ2n) is 5.19. The number of rotatable bonds is 3. The van der Waals surface area contributed by atoms with E-state index >= 15 is 0 Å². The van der Waals surface area contributed by atoms with Gasteiger partial charge in [-0.15, -0.1) is 0 Å². The standard InChI is InChI=1S/C15H15ClN2OS/c1-10-13(9-20-17-10)15(19)18-7-11(8-18)6-12-4-2-3-5-14(12)16/h2-5,9,11H,6-8H2,1H3. The molecule has 0 N–H and O–H groups in total. The number of carbonyl (C=O) groups is 1. The molecule has 0 atom stereocenters. The summed E-state index contributed by atoms with van der Waals surface area (Å²) in [5.41, 5.74) is 2.74. The molecule has 0 radical (unpaired) electrons. The highest BCUT2D eigenvalue weighted by molar-refractivity contribution is 7.03. The second-order valence-corrected chi connectivity index (χ2v) is 6.22. The Labute approximate surface area is 127 Å². The fraction of sp³-hybridized carbons (Fsp3) is 0.333. The SMILES string of the molecule is Cc1nscc1C(=O)N1CC(Cc2ccccc2Cl)C1. The summed E-state index contributed by atoms with van der Waals surface area (Å²) in [6, 6.07) is 7.91. The molecule has 0 bridgehead atoms. The Bertz CT molecular complexity index is 634. The van der Waals surface area contributed by atoms with E-state index in [2.05, 4.69) is 10.4 Å². The van der Waals surface area contributed by atoms with Crippen molar-refractivity contribution >= 4 is 29.0 Å². The maximum absolute atomic E-state index is 12.2. The van der Waals surface area contributed by atoms with E-state index in [1.54, 1.807) is 0 Å². The van der Waals surface area contributed by atoms with Gasteiger partial charge in [-0.1, -0.05) is 29.8 Å². The van der Waals surface area contributed by atoms with Gasteiger partial charge in [-0.2, -0.15) is 4.37 Å². The third-order valence-corrected chi connectivity index (χ3v) is 4.78. The molecule has 104 valence electrons. The van der Waals surface area contributed by atoms with Crippen LogP contribution in [0.5, 0.6) is 0 Å². The molecule has 3 rings (SSSR count). The summed E-state index contributed by atoms with van der Waals surface area (Å²) in [7, 11) is 0. The molecule has 3 nitrogen and oxygen atoms in total. The highest BCUT2D eigenvalue weighted by Crippen LogP contribution is 2.26. The van der Waals surface area contributed by atoms with E-state index in [0.717, 1.165) is 35.8 Å². The molecule has 5 heteroatoms. The van der Waals surface area contributed by atoms with Gasteiger partial charge in [-0.3, -0.25) is 4.79 Å². The average molecular weight is 307 g/mol. The molecule has 2 aromatic rings. The van der Waals surface area contributed by atoms with Crippen LogP contribution in [0.15, 0.2) is 29.6 Å². The van der Waals surface area contributed by atoms with Gasteiger partial charge < -0.3 is 4.90 Å². The number of amides is 1. The average Bonchev–Trinajstić information content (AvgIpc) is 2.81. The zero-order valence-electron chi connectivity index (χ0n) is 11.2. The molecule has 1 aromatic heterocycles. The molecule has 2 heterocycles. The van der Waals surface area contributed by atoms with Crippen LogP contribution in [0.2, 0.25) is 5.02 Å². The van der Waals surface area contributed by atoms with E-state index in [-0.39, 0.29) is 5.91 Å². The van der Waals surface area contributed by atoms with Crippen LogP contribution in [-0.4, -0.2) is 28.3 Å². The number of aryl methyl sites for hydroxylation is 1. The lowest BCUT2D eigenvalue weighted by Gasteiger charge is -2.39.